The molecule has 2 aromatic rings. The molecule has 1 amide bonds. The van der Waals surface area contributed by atoms with Crippen LogP contribution in [0.1, 0.15) is 35.6 Å². The molecule has 0 saturated heterocycles. The van der Waals surface area contributed by atoms with Crippen LogP contribution in [0.3, 0.4) is 0 Å². The van der Waals surface area contributed by atoms with E-state index < -0.39 is 47.1 Å². The maximum atomic E-state index is 12.9. The second kappa shape index (κ2) is 8.53. The SMILES string of the molecule is Cc1cc(C(F)(F)F)nn1CCCNC(=O)Cn1nc(C(F)F)c([N+](=O)[O-])c1C. The molecule has 0 aliphatic carbocycles. The van der Waals surface area contributed by atoms with Crippen LogP contribution in [0, 0.1) is 24.0 Å². The quantitative estimate of drug-likeness (QED) is 0.303. The predicted octanol–water partition coefficient (Wildman–Crippen LogP) is 2.77. The standard InChI is InChI=1S/C15H17F5N6O3/c1-8-6-10(15(18,19)20)22-24(8)5-3-4-21-11(27)7-25-9(2)13(26(28)29)12(23-25)14(16)17/h6,14H,3-5,7H2,1-2H3,(H,21,27). The molecule has 0 fully saturated rings. The molecule has 0 unspecified atom stereocenters. The van der Waals surface area contributed by atoms with Gasteiger partial charge in [0.1, 0.15) is 12.2 Å². The van der Waals surface area contributed by atoms with Crippen LogP contribution in [0.15, 0.2) is 6.07 Å². The van der Waals surface area contributed by atoms with E-state index in [-0.39, 0.29) is 25.2 Å². The molecule has 0 aliphatic rings. The minimum atomic E-state index is -4.55. The monoisotopic (exact) mass is 424 g/mol. The predicted molar refractivity (Wildman–Crippen MR) is 88.2 cm³/mol. The first-order chi connectivity index (χ1) is 13.4. The van der Waals surface area contributed by atoms with Gasteiger partial charge >= 0.3 is 11.9 Å². The first-order valence-electron chi connectivity index (χ1n) is 8.30. The number of alkyl halides is 5. The summed E-state index contributed by atoms with van der Waals surface area (Å²) >= 11 is 0. The zero-order valence-electron chi connectivity index (χ0n) is 15.3. The zero-order chi connectivity index (χ0) is 21.9. The third kappa shape index (κ3) is 5.26. The molecule has 2 aromatic heterocycles. The van der Waals surface area contributed by atoms with Gasteiger partial charge in [-0.05, 0) is 26.3 Å². The number of rotatable bonds is 8. The molecule has 0 spiro atoms. The minimum Gasteiger partial charge on any atom is -0.354 e. The Kier molecular flexibility index (Phi) is 6.54. The van der Waals surface area contributed by atoms with Crippen LogP contribution in [0.25, 0.3) is 0 Å². The maximum absolute atomic E-state index is 12.9. The minimum absolute atomic E-state index is 0.0730. The number of nitrogens with one attached hydrogen (secondary N) is 1. The van der Waals surface area contributed by atoms with E-state index in [0.29, 0.717) is 5.69 Å². The average molecular weight is 424 g/mol. The van der Waals surface area contributed by atoms with Gasteiger partial charge in [-0.2, -0.15) is 23.4 Å². The summed E-state index contributed by atoms with van der Waals surface area (Å²) in [5.74, 6) is -0.639. The van der Waals surface area contributed by atoms with Gasteiger partial charge in [0.2, 0.25) is 11.6 Å². The maximum Gasteiger partial charge on any atom is 0.435 e. The summed E-state index contributed by atoms with van der Waals surface area (Å²) in [7, 11) is 0. The lowest BCUT2D eigenvalue weighted by Crippen LogP contribution is -2.30. The first kappa shape index (κ1) is 22.2. The number of aromatic nitrogens is 4. The molecule has 0 bridgehead atoms. The van der Waals surface area contributed by atoms with Crippen molar-refractivity contribution < 1.29 is 31.7 Å². The van der Waals surface area contributed by atoms with E-state index >= 15 is 0 Å². The molecule has 14 heteroatoms. The fraction of sp³-hybridized carbons (Fsp3) is 0.533. The molecule has 160 valence electrons. The van der Waals surface area contributed by atoms with Gasteiger partial charge in [-0.15, -0.1) is 0 Å². The van der Waals surface area contributed by atoms with Crippen LogP contribution in [-0.2, 0) is 24.1 Å². The molecule has 0 radical (unpaired) electrons. The van der Waals surface area contributed by atoms with Gasteiger partial charge in [0.25, 0.3) is 6.43 Å². The van der Waals surface area contributed by atoms with E-state index in [4.69, 9.17) is 0 Å². The van der Waals surface area contributed by atoms with Gasteiger partial charge in [0, 0.05) is 18.8 Å². The van der Waals surface area contributed by atoms with Crippen LogP contribution in [0.2, 0.25) is 0 Å². The number of carbonyl (C=O) groups excluding carboxylic acids is 1. The van der Waals surface area contributed by atoms with Gasteiger partial charge in [-0.1, -0.05) is 0 Å². The molecular formula is C15H17F5N6O3. The van der Waals surface area contributed by atoms with E-state index in [0.717, 1.165) is 15.4 Å². The average Bonchev–Trinajstić information content (AvgIpc) is 3.12. The van der Waals surface area contributed by atoms with E-state index in [1.807, 2.05) is 0 Å². The number of halogens is 5. The summed E-state index contributed by atoms with van der Waals surface area (Å²) in [6.45, 7) is 2.34. The van der Waals surface area contributed by atoms with Crippen molar-refractivity contribution in [3.05, 3.63) is 39.0 Å². The lowest BCUT2D eigenvalue weighted by molar-refractivity contribution is -0.386. The fourth-order valence-electron chi connectivity index (χ4n) is 2.61. The van der Waals surface area contributed by atoms with Gasteiger partial charge in [-0.3, -0.25) is 24.3 Å². The lowest BCUT2D eigenvalue weighted by atomic mass is 10.3. The molecule has 1 N–H and O–H groups in total. The second-order valence-corrected chi connectivity index (χ2v) is 6.13. The summed E-state index contributed by atoms with van der Waals surface area (Å²) in [5.41, 5.74) is -2.75. The Labute approximate surface area is 160 Å². The number of nitro groups is 1. The molecule has 0 saturated carbocycles. The van der Waals surface area contributed by atoms with Gasteiger partial charge in [0.05, 0.1) is 4.92 Å². The van der Waals surface area contributed by atoms with Crippen molar-refractivity contribution in [1.29, 1.82) is 0 Å². The van der Waals surface area contributed by atoms with Gasteiger partial charge in [-0.25, -0.2) is 8.78 Å². The molecule has 0 aliphatic heterocycles. The van der Waals surface area contributed by atoms with Crippen molar-refractivity contribution in [2.45, 2.75) is 46.0 Å². The van der Waals surface area contributed by atoms with Crippen LogP contribution in [-0.4, -0.2) is 36.9 Å². The van der Waals surface area contributed by atoms with E-state index in [1.165, 1.54) is 13.8 Å². The van der Waals surface area contributed by atoms with Crippen molar-refractivity contribution in [1.82, 2.24) is 24.9 Å². The smallest absolute Gasteiger partial charge is 0.354 e. The molecule has 0 atom stereocenters. The van der Waals surface area contributed by atoms with Crippen molar-refractivity contribution in [3.8, 4) is 0 Å². The highest BCUT2D eigenvalue weighted by molar-refractivity contribution is 5.75. The molecule has 9 nitrogen and oxygen atoms in total. The molecular weight excluding hydrogens is 407 g/mol. The normalized spacial score (nSPS) is 11.9. The molecule has 2 rings (SSSR count). The summed E-state index contributed by atoms with van der Waals surface area (Å²) in [6, 6.07) is 0.909. The topological polar surface area (TPSA) is 108 Å². The number of nitrogens with zero attached hydrogens (tertiary/aromatic N) is 5. The van der Waals surface area contributed by atoms with Crippen LogP contribution in [0.4, 0.5) is 27.6 Å². The highest BCUT2D eigenvalue weighted by atomic mass is 19.4. The van der Waals surface area contributed by atoms with E-state index in [1.54, 1.807) is 0 Å². The Morgan fingerprint density at radius 2 is 1.93 bits per heavy atom. The van der Waals surface area contributed by atoms with Gasteiger partial charge < -0.3 is 5.32 Å². The van der Waals surface area contributed by atoms with Crippen LogP contribution in [0.5, 0.6) is 0 Å². The summed E-state index contributed by atoms with van der Waals surface area (Å²) < 4.78 is 65.6. The molecule has 0 aromatic carbocycles. The Morgan fingerprint density at radius 1 is 1.28 bits per heavy atom. The Morgan fingerprint density at radius 3 is 2.41 bits per heavy atom. The number of carbonyl (C=O) groups is 1. The summed E-state index contributed by atoms with van der Waals surface area (Å²) in [4.78, 5) is 21.9. The molecule has 29 heavy (non-hydrogen) atoms. The van der Waals surface area contributed by atoms with Crippen molar-refractivity contribution in [2.24, 2.45) is 0 Å². The van der Waals surface area contributed by atoms with Crippen molar-refractivity contribution in [2.75, 3.05) is 6.54 Å². The molecule has 2 heterocycles. The summed E-state index contributed by atoms with van der Waals surface area (Å²) in [6.07, 6.45) is -7.46. The fourth-order valence-corrected chi connectivity index (χ4v) is 2.61. The Hall–Kier alpha value is -3.06. The Bertz CT molecular complexity index is 905. The van der Waals surface area contributed by atoms with Crippen molar-refractivity contribution >= 4 is 11.6 Å². The lowest BCUT2D eigenvalue weighted by Gasteiger charge is -2.08. The van der Waals surface area contributed by atoms with E-state index in [2.05, 4.69) is 15.5 Å². The zero-order valence-corrected chi connectivity index (χ0v) is 15.3. The number of hydrogen-bond donors (Lipinski definition) is 1. The first-order valence-corrected chi connectivity index (χ1v) is 8.30. The third-order valence-corrected chi connectivity index (χ3v) is 4.02. The Balaban J connectivity index is 1.91. The van der Waals surface area contributed by atoms with Crippen molar-refractivity contribution in [3.63, 3.8) is 0 Å². The largest absolute Gasteiger partial charge is 0.435 e. The van der Waals surface area contributed by atoms with Gasteiger partial charge in [0.15, 0.2) is 5.69 Å². The van der Waals surface area contributed by atoms with E-state index in [9.17, 15) is 36.9 Å². The highest BCUT2D eigenvalue weighted by Gasteiger charge is 2.34. The summed E-state index contributed by atoms with van der Waals surface area (Å²) in [5, 5.41) is 20.3. The number of hydrogen-bond acceptors (Lipinski definition) is 5. The number of aryl methyl sites for hydroxylation is 2. The van der Waals surface area contributed by atoms with Crippen LogP contribution < -0.4 is 5.32 Å². The van der Waals surface area contributed by atoms with Crippen LogP contribution >= 0.6 is 0 Å². The highest BCUT2D eigenvalue weighted by Crippen LogP contribution is 2.31. The third-order valence-electron chi connectivity index (χ3n) is 4.02. The second-order valence-electron chi connectivity index (χ2n) is 6.13. The number of amides is 1.